The maximum atomic E-state index is 13.9. The second-order valence-corrected chi connectivity index (χ2v) is 11.0. The fourth-order valence-corrected chi connectivity index (χ4v) is 6.72. The van der Waals surface area contributed by atoms with Crippen molar-refractivity contribution in [3.05, 3.63) is 119 Å². The number of carbonyl (C=O) groups is 1. The fourth-order valence-electron chi connectivity index (χ4n) is 5.17. The van der Waals surface area contributed by atoms with Crippen molar-refractivity contribution < 1.29 is 14.3 Å². The van der Waals surface area contributed by atoms with Crippen LogP contribution in [0.1, 0.15) is 41.6 Å². The van der Waals surface area contributed by atoms with Crippen molar-refractivity contribution in [2.45, 2.75) is 25.8 Å². The topological polar surface area (TPSA) is 69.9 Å². The minimum absolute atomic E-state index is 0.0906. The SMILES string of the molecule is COc1cc(/C=c2\sc3n(c2=O)[C@@H](c2ccccc2)C2=C(N=3)c3ccccc3CC2)cc(Br)c1OC(C)=O. The molecule has 2 aliphatic rings. The summed E-state index contributed by atoms with van der Waals surface area (Å²) < 4.78 is 13.7. The Morgan fingerprint density at radius 3 is 2.63 bits per heavy atom. The number of nitrogens with zero attached hydrogens (tertiary/aromatic N) is 2. The molecule has 4 aromatic rings. The smallest absolute Gasteiger partial charge is 0.308 e. The van der Waals surface area contributed by atoms with Crippen molar-refractivity contribution in [3.63, 3.8) is 0 Å². The van der Waals surface area contributed by atoms with Crippen LogP contribution in [0.25, 0.3) is 11.8 Å². The molecule has 6 nitrogen and oxygen atoms in total. The van der Waals surface area contributed by atoms with Gasteiger partial charge in [-0.25, -0.2) is 4.99 Å². The Labute approximate surface area is 231 Å². The monoisotopic (exact) mass is 586 g/mol. The third-order valence-corrected chi connectivity index (χ3v) is 8.36. The molecule has 1 atom stereocenters. The first-order chi connectivity index (χ1) is 18.4. The Morgan fingerprint density at radius 2 is 1.87 bits per heavy atom. The molecule has 0 unspecified atom stereocenters. The van der Waals surface area contributed by atoms with E-state index in [1.165, 1.54) is 36.5 Å². The number of ether oxygens (including phenoxy) is 2. The van der Waals surface area contributed by atoms with E-state index in [4.69, 9.17) is 14.5 Å². The van der Waals surface area contributed by atoms with E-state index in [2.05, 4.69) is 46.3 Å². The van der Waals surface area contributed by atoms with E-state index in [9.17, 15) is 9.59 Å². The lowest BCUT2D eigenvalue weighted by Crippen LogP contribution is -2.38. The molecule has 8 heteroatoms. The van der Waals surface area contributed by atoms with Crippen LogP contribution in [-0.4, -0.2) is 17.6 Å². The standard InChI is InChI=1S/C30H23BrN2O4S/c1-17(34)37-28-23(31)14-18(15-24(28)36-2)16-25-29(35)33-27(20-9-4-3-5-10-20)22-13-12-19-8-6-7-11-21(19)26(22)32-30(33)38-25/h3-11,14-16,27H,12-13H2,1-2H3/b25-16-/t27-/m0/s1. The van der Waals surface area contributed by atoms with Crippen molar-refractivity contribution >= 4 is 45.0 Å². The average Bonchev–Trinajstić information content (AvgIpc) is 3.23. The van der Waals surface area contributed by atoms with Gasteiger partial charge in [-0.05, 0) is 69.2 Å². The highest BCUT2D eigenvalue weighted by molar-refractivity contribution is 9.10. The first-order valence-corrected chi connectivity index (χ1v) is 13.8. The molecule has 1 aliphatic heterocycles. The molecule has 6 rings (SSSR count). The normalized spacial score (nSPS) is 16.3. The number of esters is 1. The predicted molar refractivity (Wildman–Crippen MR) is 151 cm³/mol. The molecule has 0 amide bonds. The van der Waals surface area contributed by atoms with Gasteiger partial charge in [0.15, 0.2) is 16.3 Å². The van der Waals surface area contributed by atoms with E-state index < -0.39 is 5.97 Å². The molecule has 0 spiro atoms. The zero-order valence-electron chi connectivity index (χ0n) is 20.7. The number of hydrogen-bond acceptors (Lipinski definition) is 6. The second kappa shape index (κ2) is 9.85. The summed E-state index contributed by atoms with van der Waals surface area (Å²) in [5.41, 5.74) is 6.28. The summed E-state index contributed by atoms with van der Waals surface area (Å²) in [7, 11) is 1.51. The van der Waals surface area contributed by atoms with E-state index >= 15 is 0 Å². The number of allylic oxidation sites excluding steroid dienone is 1. The Balaban J connectivity index is 1.56. The molecule has 0 saturated heterocycles. The maximum absolute atomic E-state index is 13.9. The Bertz CT molecular complexity index is 1800. The average molecular weight is 587 g/mol. The summed E-state index contributed by atoms with van der Waals surface area (Å²) >= 11 is 4.84. The van der Waals surface area contributed by atoms with Gasteiger partial charge >= 0.3 is 5.97 Å². The van der Waals surface area contributed by atoms with E-state index in [1.54, 1.807) is 12.1 Å². The summed E-state index contributed by atoms with van der Waals surface area (Å²) in [6, 6.07) is 21.9. The summed E-state index contributed by atoms with van der Waals surface area (Å²) in [5, 5.41) is 0. The van der Waals surface area contributed by atoms with Crippen LogP contribution in [0.5, 0.6) is 11.5 Å². The molecule has 0 radical (unpaired) electrons. The zero-order chi connectivity index (χ0) is 26.4. The quantitative estimate of drug-likeness (QED) is 0.249. The largest absolute Gasteiger partial charge is 0.493 e. The Kier molecular flexibility index (Phi) is 6.37. The summed E-state index contributed by atoms with van der Waals surface area (Å²) in [6.45, 7) is 1.34. The van der Waals surface area contributed by atoms with Crippen molar-refractivity contribution in [2.24, 2.45) is 4.99 Å². The molecular formula is C30H23BrN2O4S. The van der Waals surface area contributed by atoms with Crippen molar-refractivity contribution in [1.82, 2.24) is 4.57 Å². The zero-order valence-corrected chi connectivity index (χ0v) is 23.1. The number of thiazole rings is 1. The molecule has 0 saturated carbocycles. The molecule has 190 valence electrons. The Hall–Kier alpha value is -3.75. The van der Waals surface area contributed by atoms with Gasteiger partial charge in [0.2, 0.25) is 0 Å². The molecule has 1 aliphatic carbocycles. The molecule has 0 N–H and O–H groups in total. The summed E-state index contributed by atoms with van der Waals surface area (Å²) in [4.78, 5) is 31.2. The fraction of sp³-hybridized carbons (Fsp3) is 0.167. The van der Waals surface area contributed by atoms with Gasteiger partial charge < -0.3 is 9.47 Å². The van der Waals surface area contributed by atoms with Crippen LogP contribution in [0.2, 0.25) is 0 Å². The van der Waals surface area contributed by atoms with Gasteiger partial charge in [0.05, 0.1) is 27.9 Å². The van der Waals surface area contributed by atoms with Crippen molar-refractivity contribution in [2.75, 3.05) is 7.11 Å². The van der Waals surface area contributed by atoms with Crippen LogP contribution < -0.4 is 24.4 Å². The molecule has 3 aromatic carbocycles. The number of halogens is 1. The molecule has 38 heavy (non-hydrogen) atoms. The predicted octanol–water partition coefficient (Wildman–Crippen LogP) is 5.02. The van der Waals surface area contributed by atoms with Gasteiger partial charge in [-0.15, -0.1) is 0 Å². The van der Waals surface area contributed by atoms with Crippen molar-refractivity contribution in [1.29, 1.82) is 0 Å². The highest BCUT2D eigenvalue weighted by Crippen LogP contribution is 2.41. The van der Waals surface area contributed by atoms with Crippen LogP contribution in [-0.2, 0) is 11.2 Å². The molecule has 2 heterocycles. The van der Waals surface area contributed by atoms with Crippen LogP contribution >= 0.6 is 27.3 Å². The highest BCUT2D eigenvalue weighted by atomic mass is 79.9. The van der Waals surface area contributed by atoms with Crippen LogP contribution in [0.15, 0.2) is 86.6 Å². The Morgan fingerprint density at radius 1 is 1.11 bits per heavy atom. The number of methoxy groups -OCH3 is 1. The number of hydrogen-bond donors (Lipinski definition) is 0. The molecule has 1 aromatic heterocycles. The van der Waals surface area contributed by atoms with Gasteiger partial charge in [0.25, 0.3) is 5.56 Å². The number of aryl methyl sites for hydroxylation is 1. The number of carbonyl (C=O) groups excluding carboxylic acids is 1. The number of benzene rings is 3. The first kappa shape index (κ1) is 24.6. The summed E-state index contributed by atoms with van der Waals surface area (Å²) in [6.07, 6.45) is 3.59. The van der Waals surface area contributed by atoms with Crippen molar-refractivity contribution in [3.8, 4) is 11.5 Å². The van der Waals surface area contributed by atoms with E-state index in [0.29, 0.717) is 25.3 Å². The molecule has 0 bridgehead atoms. The van der Waals surface area contributed by atoms with Gasteiger partial charge in [0.1, 0.15) is 0 Å². The number of rotatable bonds is 4. The van der Waals surface area contributed by atoms with Crippen LogP contribution in [0, 0.1) is 0 Å². The van der Waals surface area contributed by atoms with E-state index in [0.717, 1.165) is 35.2 Å². The third kappa shape index (κ3) is 4.23. The second-order valence-electron chi connectivity index (χ2n) is 9.15. The summed E-state index contributed by atoms with van der Waals surface area (Å²) in [5.74, 6) is 0.244. The van der Waals surface area contributed by atoms with E-state index in [1.807, 2.05) is 34.9 Å². The number of aromatic nitrogens is 1. The van der Waals surface area contributed by atoms with Gasteiger partial charge in [-0.3, -0.25) is 14.2 Å². The third-order valence-electron chi connectivity index (χ3n) is 6.78. The van der Waals surface area contributed by atoms with Crippen LogP contribution in [0.3, 0.4) is 0 Å². The maximum Gasteiger partial charge on any atom is 0.308 e. The van der Waals surface area contributed by atoms with E-state index in [-0.39, 0.29) is 11.6 Å². The lowest BCUT2D eigenvalue weighted by molar-refractivity contribution is -0.132. The molecular weight excluding hydrogens is 564 g/mol. The molecule has 0 fully saturated rings. The van der Waals surface area contributed by atoms with Crippen LogP contribution in [0.4, 0.5) is 0 Å². The lowest BCUT2D eigenvalue weighted by Gasteiger charge is -2.30. The lowest BCUT2D eigenvalue weighted by atomic mass is 9.83. The minimum atomic E-state index is -0.448. The minimum Gasteiger partial charge on any atom is -0.493 e. The van der Waals surface area contributed by atoms with Gasteiger partial charge in [-0.1, -0.05) is 65.9 Å². The van der Waals surface area contributed by atoms with Gasteiger partial charge in [-0.2, -0.15) is 0 Å². The highest BCUT2D eigenvalue weighted by Gasteiger charge is 2.32. The first-order valence-electron chi connectivity index (χ1n) is 12.2. The number of fused-ring (bicyclic) bond motifs is 3. The van der Waals surface area contributed by atoms with Gasteiger partial charge in [0, 0.05) is 12.5 Å².